The van der Waals surface area contributed by atoms with Crippen LogP contribution in [0.25, 0.3) is 0 Å². The second-order valence-electron chi connectivity index (χ2n) is 7.50. The van der Waals surface area contributed by atoms with E-state index < -0.39 is 23.4 Å². The molecule has 1 aliphatic heterocycles. The van der Waals surface area contributed by atoms with E-state index in [1.165, 1.54) is 35.2 Å². The molecule has 0 bridgehead atoms. The molecule has 5 nitrogen and oxygen atoms in total. The lowest BCUT2D eigenvalue weighted by Gasteiger charge is -2.35. The van der Waals surface area contributed by atoms with Gasteiger partial charge in [-0.05, 0) is 66.6 Å². The van der Waals surface area contributed by atoms with Crippen molar-refractivity contribution in [3.63, 3.8) is 0 Å². The number of nitrogens with zero attached hydrogens (tertiary/aromatic N) is 2. The summed E-state index contributed by atoms with van der Waals surface area (Å²) in [6.45, 7) is 1.09. The predicted octanol–water partition coefficient (Wildman–Crippen LogP) is 5.19. The topological polar surface area (TPSA) is 52.7 Å². The Hall–Kier alpha value is -3.81. The standard InChI is InChI=1S/C24H20F3N3O2/c25-18-4-1-3-17(13-18)23(31)28-21-5-7-22(8-6-21)30-10-2-9-29(24(30)32)15-16-11-19(26)14-20(27)12-16/h1,3-8,11-14H,2,9-10,15H2,(H,28,31). The monoisotopic (exact) mass is 439 g/mol. The summed E-state index contributed by atoms with van der Waals surface area (Å²) < 4.78 is 40.3. The Morgan fingerprint density at radius 3 is 2.28 bits per heavy atom. The van der Waals surface area contributed by atoms with Crippen molar-refractivity contribution in [2.24, 2.45) is 0 Å². The number of anilines is 2. The number of carbonyl (C=O) groups is 2. The van der Waals surface area contributed by atoms with Crippen LogP contribution in [-0.4, -0.2) is 29.9 Å². The smallest absolute Gasteiger partial charge is 0.322 e. The molecule has 0 aromatic heterocycles. The van der Waals surface area contributed by atoms with Gasteiger partial charge in [-0.1, -0.05) is 6.07 Å². The maximum atomic E-state index is 13.5. The second-order valence-corrected chi connectivity index (χ2v) is 7.50. The van der Waals surface area contributed by atoms with Crippen LogP contribution in [0.15, 0.2) is 66.7 Å². The van der Waals surface area contributed by atoms with Gasteiger partial charge in [-0.15, -0.1) is 0 Å². The summed E-state index contributed by atoms with van der Waals surface area (Å²) in [6, 6.07) is 15.0. The molecule has 0 unspecified atom stereocenters. The average Bonchev–Trinajstić information content (AvgIpc) is 2.75. The highest BCUT2D eigenvalue weighted by Gasteiger charge is 2.27. The third-order valence-electron chi connectivity index (χ3n) is 5.13. The van der Waals surface area contributed by atoms with Crippen LogP contribution in [0, 0.1) is 17.5 Å². The summed E-state index contributed by atoms with van der Waals surface area (Å²) >= 11 is 0. The maximum Gasteiger partial charge on any atom is 0.324 e. The van der Waals surface area contributed by atoms with Crippen molar-refractivity contribution in [3.05, 3.63) is 95.3 Å². The van der Waals surface area contributed by atoms with Gasteiger partial charge in [-0.3, -0.25) is 9.69 Å². The third kappa shape index (κ3) is 4.91. The number of hydrogen-bond acceptors (Lipinski definition) is 2. The number of nitrogens with one attached hydrogen (secondary N) is 1. The number of carbonyl (C=O) groups excluding carboxylic acids is 2. The molecule has 3 aromatic carbocycles. The molecule has 32 heavy (non-hydrogen) atoms. The van der Waals surface area contributed by atoms with Gasteiger partial charge in [0.05, 0.1) is 0 Å². The van der Waals surface area contributed by atoms with Crippen molar-refractivity contribution in [2.75, 3.05) is 23.3 Å². The lowest BCUT2D eigenvalue weighted by Crippen LogP contribution is -2.49. The largest absolute Gasteiger partial charge is 0.324 e. The van der Waals surface area contributed by atoms with Crippen LogP contribution >= 0.6 is 0 Å². The molecule has 3 amide bonds. The Morgan fingerprint density at radius 1 is 0.875 bits per heavy atom. The fraction of sp³-hybridized carbons (Fsp3) is 0.167. The first-order valence-corrected chi connectivity index (χ1v) is 10.1. The van der Waals surface area contributed by atoms with Gasteiger partial charge >= 0.3 is 6.03 Å². The summed E-state index contributed by atoms with van der Waals surface area (Å²) in [5, 5.41) is 2.69. The fourth-order valence-corrected chi connectivity index (χ4v) is 3.65. The molecule has 4 rings (SSSR count). The first-order chi connectivity index (χ1) is 15.4. The van der Waals surface area contributed by atoms with Crippen LogP contribution in [0.3, 0.4) is 0 Å². The van der Waals surface area contributed by atoms with E-state index in [1.54, 1.807) is 29.2 Å². The molecule has 1 saturated heterocycles. The van der Waals surface area contributed by atoms with Crippen molar-refractivity contribution in [1.29, 1.82) is 0 Å². The van der Waals surface area contributed by atoms with E-state index in [1.807, 2.05) is 0 Å². The maximum absolute atomic E-state index is 13.5. The summed E-state index contributed by atoms with van der Waals surface area (Å²) in [4.78, 5) is 28.3. The molecule has 1 aliphatic rings. The molecule has 0 saturated carbocycles. The van der Waals surface area contributed by atoms with E-state index >= 15 is 0 Å². The van der Waals surface area contributed by atoms with E-state index in [9.17, 15) is 22.8 Å². The first-order valence-electron chi connectivity index (χ1n) is 10.1. The van der Waals surface area contributed by atoms with Crippen molar-refractivity contribution in [1.82, 2.24) is 4.90 Å². The molecule has 0 spiro atoms. The Balaban J connectivity index is 1.43. The summed E-state index contributed by atoms with van der Waals surface area (Å²) in [6.07, 6.45) is 0.696. The number of amides is 3. The van der Waals surface area contributed by atoms with Crippen molar-refractivity contribution >= 4 is 23.3 Å². The van der Waals surface area contributed by atoms with E-state index in [0.29, 0.717) is 36.4 Å². The van der Waals surface area contributed by atoms with Gasteiger partial charge in [0.2, 0.25) is 0 Å². The van der Waals surface area contributed by atoms with Crippen LogP contribution in [0.4, 0.5) is 29.3 Å². The molecule has 8 heteroatoms. The minimum Gasteiger partial charge on any atom is -0.322 e. The predicted molar refractivity (Wildman–Crippen MR) is 115 cm³/mol. The molecule has 0 aliphatic carbocycles. The molecule has 0 atom stereocenters. The Kier molecular flexibility index (Phi) is 6.11. The van der Waals surface area contributed by atoms with Gasteiger partial charge in [-0.2, -0.15) is 0 Å². The van der Waals surface area contributed by atoms with E-state index in [0.717, 1.165) is 12.1 Å². The lowest BCUT2D eigenvalue weighted by atomic mass is 10.1. The quantitative estimate of drug-likeness (QED) is 0.595. The van der Waals surface area contributed by atoms with Crippen molar-refractivity contribution in [2.45, 2.75) is 13.0 Å². The van der Waals surface area contributed by atoms with Gasteiger partial charge in [0.1, 0.15) is 17.5 Å². The van der Waals surface area contributed by atoms with Gasteiger partial charge in [0.25, 0.3) is 5.91 Å². The molecule has 1 heterocycles. The Bertz CT molecular complexity index is 1130. The molecule has 1 fully saturated rings. The van der Waals surface area contributed by atoms with Crippen LogP contribution in [0.1, 0.15) is 22.3 Å². The van der Waals surface area contributed by atoms with Gasteiger partial charge in [0, 0.05) is 42.6 Å². The summed E-state index contributed by atoms with van der Waals surface area (Å²) in [5.74, 6) is -2.31. The fourth-order valence-electron chi connectivity index (χ4n) is 3.65. The van der Waals surface area contributed by atoms with Crippen LogP contribution < -0.4 is 10.2 Å². The number of rotatable bonds is 5. The van der Waals surface area contributed by atoms with E-state index in [4.69, 9.17) is 0 Å². The molecular formula is C24H20F3N3O2. The summed E-state index contributed by atoms with van der Waals surface area (Å²) in [7, 11) is 0. The zero-order valence-electron chi connectivity index (χ0n) is 17.0. The zero-order chi connectivity index (χ0) is 22.7. The highest BCUT2D eigenvalue weighted by atomic mass is 19.1. The zero-order valence-corrected chi connectivity index (χ0v) is 17.0. The highest BCUT2D eigenvalue weighted by molar-refractivity contribution is 6.04. The SMILES string of the molecule is O=C(Nc1ccc(N2CCCN(Cc3cc(F)cc(F)c3)C2=O)cc1)c1cccc(F)c1. The van der Waals surface area contributed by atoms with Crippen LogP contribution in [0.5, 0.6) is 0 Å². The Labute approximate surface area is 183 Å². The van der Waals surface area contributed by atoms with Gasteiger partial charge in [-0.25, -0.2) is 18.0 Å². The number of hydrogen-bond donors (Lipinski definition) is 1. The van der Waals surface area contributed by atoms with Crippen LogP contribution in [-0.2, 0) is 6.54 Å². The molecule has 3 aromatic rings. The van der Waals surface area contributed by atoms with Gasteiger partial charge < -0.3 is 10.2 Å². The van der Waals surface area contributed by atoms with Crippen LogP contribution in [0.2, 0.25) is 0 Å². The molecular weight excluding hydrogens is 419 g/mol. The average molecular weight is 439 g/mol. The number of urea groups is 1. The second kappa shape index (κ2) is 9.13. The van der Waals surface area contributed by atoms with Gasteiger partial charge in [0.15, 0.2) is 0 Å². The first kappa shape index (κ1) is 21.4. The third-order valence-corrected chi connectivity index (χ3v) is 5.13. The normalized spacial score (nSPS) is 13.9. The lowest BCUT2D eigenvalue weighted by molar-refractivity contribution is 0.102. The Morgan fingerprint density at radius 2 is 1.59 bits per heavy atom. The van der Waals surface area contributed by atoms with Crippen molar-refractivity contribution in [3.8, 4) is 0 Å². The highest BCUT2D eigenvalue weighted by Crippen LogP contribution is 2.24. The molecule has 164 valence electrons. The molecule has 0 radical (unpaired) electrons. The number of benzene rings is 3. The minimum atomic E-state index is -0.683. The number of halogens is 3. The van der Waals surface area contributed by atoms with E-state index in [-0.39, 0.29) is 18.1 Å². The summed E-state index contributed by atoms with van der Waals surface area (Å²) in [5.41, 5.74) is 1.71. The van der Waals surface area contributed by atoms with E-state index in [2.05, 4.69) is 5.32 Å². The minimum absolute atomic E-state index is 0.103. The molecule has 1 N–H and O–H groups in total. The van der Waals surface area contributed by atoms with Crippen molar-refractivity contribution < 1.29 is 22.8 Å².